The van der Waals surface area contributed by atoms with Crippen molar-refractivity contribution in [2.75, 3.05) is 27.3 Å². The number of carbonyl (C=O) groups is 1. The van der Waals surface area contributed by atoms with Crippen molar-refractivity contribution in [1.29, 1.82) is 0 Å². The number of carboxylic acid groups (broad SMARTS) is 1. The van der Waals surface area contributed by atoms with Crippen LogP contribution in [0.4, 0.5) is 4.79 Å². The van der Waals surface area contributed by atoms with Crippen LogP contribution in [-0.4, -0.2) is 46.9 Å². The van der Waals surface area contributed by atoms with Gasteiger partial charge in [0.1, 0.15) is 0 Å². The van der Waals surface area contributed by atoms with Crippen molar-refractivity contribution in [2.24, 2.45) is 5.14 Å². The Bertz CT molecular complexity index is 1370. The van der Waals surface area contributed by atoms with Gasteiger partial charge in [0, 0.05) is 19.0 Å². The first-order chi connectivity index (χ1) is 18.1. The van der Waals surface area contributed by atoms with Gasteiger partial charge in [0.2, 0.25) is 10.0 Å². The van der Waals surface area contributed by atoms with Gasteiger partial charge in [-0.05, 0) is 47.4 Å². The predicted molar refractivity (Wildman–Crippen MR) is 147 cm³/mol. The molecule has 0 radical (unpaired) electrons. The third-order valence-corrected chi connectivity index (χ3v) is 7.69. The lowest BCUT2D eigenvalue weighted by molar-refractivity contribution is 0.194. The van der Waals surface area contributed by atoms with E-state index in [-0.39, 0.29) is 10.8 Å². The summed E-state index contributed by atoms with van der Waals surface area (Å²) in [5.41, 5.74) is 3.61. The summed E-state index contributed by atoms with van der Waals surface area (Å²) >= 11 is 13.3. The number of methoxy groups -OCH3 is 2. The van der Waals surface area contributed by atoms with Gasteiger partial charge in [0.25, 0.3) is 0 Å². The maximum absolute atomic E-state index is 11.5. The Kier molecular flexibility index (Phi) is 10.2. The Morgan fingerprint density at radius 2 is 1.66 bits per heavy atom. The topological polar surface area (TPSA) is 140 Å². The van der Waals surface area contributed by atoms with E-state index in [1.807, 2.05) is 30.3 Å². The van der Waals surface area contributed by atoms with Crippen molar-refractivity contribution in [2.45, 2.75) is 23.8 Å². The molecule has 204 valence electrons. The molecule has 0 bridgehead atoms. The highest BCUT2D eigenvalue weighted by atomic mass is 35.5. The maximum atomic E-state index is 11.5. The van der Waals surface area contributed by atoms with Crippen LogP contribution in [0.3, 0.4) is 0 Å². The van der Waals surface area contributed by atoms with E-state index in [4.69, 9.17) is 42.9 Å². The molecule has 5 N–H and O–H groups in total. The normalized spacial score (nSPS) is 14.8. The third kappa shape index (κ3) is 7.09. The van der Waals surface area contributed by atoms with Crippen LogP contribution in [0.25, 0.3) is 0 Å². The Hall–Kier alpha value is -3.02. The van der Waals surface area contributed by atoms with Crippen molar-refractivity contribution >= 4 is 39.3 Å². The fourth-order valence-corrected chi connectivity index (χ4v) is 5.47. The quantitative estimate of drug-likeness (QED) is 0.338. The van der Waals surface area contributed by atoms with Crippen LogP contribution in [0.15, 0.2) is 59.5 Å². The first-order valence-corrected chi connectivity index (χ1v) is 13.8. The van der Waals surface area contributed by atoms with E-state index in [1.54, 1.807) is 12.1 Å². The number of halogens is 2. The minimum Gasteiger partial charge on any atom is -0.491 e. The molecule has 1 heterocycles. The van der Waals surface area contributed by atoms with Gasteiger partial charge >= 0.3 is 6.09 Å². The van der Waals surface area contributed by atoms with Gasteiger partial charge < -0.3 is 25.2 Å². The number of ether oxygens (including phenoxy) is 2. The van der Waals surface area contributed by atoms with Crippen LogP contribution in [0, 0.1) is 0 Å². The van der Waals surface area contributed by atoms with Gasteiger partial charge in [-0.25, -0.2) is 18.4 Å². The van der Waals surface area contributed by atoms with Gasteiger partial charge in [0.05, 0.1) is 29.2 Å². The van der Waals surface area contributed by atoms with Gasteiger partial charge in [-0.2, -0.15) is 0 Å². The Morgan fingerprint density at radius 1 is 1.05 bits per heavy atom. The Labute approximate surface area is 231 Å². The maximum Gasteiger partial charge on any atom is 0.404 e. The summed E-state index contributed by atoms with van der Waals surface area (Å²) in [7, 11) is -0.722. The van der Waals surface area contributed by atoms with E-state index >= 15 is 0 Å². The SMILES string of the molecule is COc1c(Cl)c2c(c(Cl)c1OC)C(c1ccc(S(N)(=O)=O)cc1)CNCC2.O=C(O)NCc1ccccc1. The molecule has 3 aromatic carbocycles. The number of sulfonamides is 1. The number of hydrogen-bond acceptors (Lipinski definition) is 6. The number of fused-ring (bicyclic) bond motifs is 1. The van der Waals surface area contributed by atoms with E-state index in [0.717, 1.165) is 28.8 Å². The molecule has 1 unspecified atom stereocenters. The highest BCUT2D eigenvalue weighted by molar-refractivity contribution is 7.89. The van der Waals surface area contributed by atoms with Crippen LogP contribution < -0.4 is 25.2 Å². The second-order valence-electron chi connectivity index (χ2n) is 8.35. The van der Waals surface area contributed by atoms with Crippen LogP contribution in [0.2, 0.25) is 10.0 Å². The molecule has 1 atom stereocenters. The molecule has 0 fully saturated rings. The molecule has 38 heavy (non-hydrogen) atoms. The second-order valence-corrected chi connectivity index (χ2v) is 10.7. The zero-order valence-corrected chi connectivity index (χ0v) is 23.2. The highest BCUT2D eigenvalue weighted by Crippen LogP contribution is 2.49. The van der Waals surface area contributed by atoms with Crippen molar-refractivity contribution in [3.05, 3.63) is 86.9 Å². The summed E-state index contributed by atoms with van der Waals surface area (Å²) in [4.78, 5) is 10.1. The van der Waals surface area contributed by atoms with Gasteiger partial charge in [0.15, 0.2) is 11.5 Å². The lowest BCUT2D eigenvalue weighted by Crippen LogP contribution is -2.21. The summed E-state index contributed by atoms with van der Waals surface area (Å²) in [6.45, 7) is 1.72. The molecule has 0 saturated carbocycles. The van der Waals surface area contributed by atoms with Crippen molar-refractivity contribution < 1.29 is 27.8 Å². The largest absolute Gasteiger partial charge is 0.491 e. The van der Waals surface area contributed by atoms with Crippen molar-refractivity contribution in [3.63, 3.8) is 0 Å². The number of nitrogens with one attached hydrogen (secondary N) is 2. The number of rotatable bonds is 6. The summed E-state index contributed by atoms with van der Waals surface area (Å²) in [5, 5.41) is 20.0. The minimum absolute atomic E-state index is 0.0597. The molecule has 1 aliphatic rings. The van der Waals surface area contributed by atoms with Gasteiger partial charge in [-0.3, -0.25) is 0 Å². The van der Waals surface area contributed by atoms with Crippen LogP contribution in [0.5, 0.6) is 11.5 Å². The van der Waals surface area contributed by atoms with E-state index in [2.05, 4.69) is 10.6 Å². The van der Waals surface area contributed by atoms with Crippen molar-refractivity contribution in [1.82, 2.24) is 10.6 Å². The van der Waals surface area contributed by atoms with E-state index in [1.165, 1.54) is 26.4 Å². The molecule has 0 spiro atoms. The minimum atomic E-state index is -3.75. The fourth-order valence-electron chi connectivity index (χ4n) is 4.19. The smallest absolute Gasteiger partial charge is 0.404 e. The lowest BCUT2D eigenvalue weighted by atomic mass is 9.87. The van der Waals surface area contributed by atoms with Crippen molar-refractivity contribution in [3.8, 4) is 11.5 Å². The predicted octanol–water partition coefficient (Wildman–Crippen LogP) is 4.39. The van der Waals surface area contributed by atoms with E-state index < -0.39 is 16.1 Å². The Balaban J connectivity index is 0.000000304. The standard InChI is InChI=1S/C18H20Cl2N2O4S.C8H9NO2/c1-25-17-15(19)12-7-8-22-9-13(14(12)16(20)18(17)26-2)10-3-5-11(6-4-10)27(21,23)24;10-8(11)9-6-7-4-2-1-3-5-7/h3-6,13,22H,7-9H2,1-2H3,(H2,21,23,24);1-5,9H,6H2,(H,10,11). The zero-order chi connectivity index (χ0) is 27.9. The molecule has 12 heteroatoms. The highest BCUT2D eigenvalue weighted by Gasteiger charge is 2.30. The molecule has 0 aliphatic carbocycles. The molecule has 0 aromatic heterocycles. The molecule has 9 nitrogen and oxygen atoms in total. The average molecular weight is 583 g/mol. The molecule has 4 rings (SSSR count). The van der Waals surface area contributed by atoms with Gasteiger partial charge in [-0.1, -0.05) is 65.7 Å². The molecule has 3 aromatic rings. The van der Waals surface area contributed by atoms with E-state index in [9.17, 15) is 13.2 Å². The number of primary sulfonamides is 1. The summed E-state index contributed by atoms with van der Waals surface area (Å²) in [6.07, 6.45) is -0.311. The number of hydrogen-bond donors (Lipinski definition) is 4. The summed E-state index contributed by atoms with van der Waals surface area (Å²) in [6, 6.07) is 15.8. The molecule has 1 amide bonds. The molecular formula is C26H29Cl2N3O6S. The number of benzene rings is 3. The first kappa shape index (κ1) is 29.5. The van der Waals surface area contributed by atoms with Crippen LogP contribution >= 0.6 is 23.2 Å². The average Bonchev–Trinajstić information content (AvgIpc) is 3.13. The first-order valence-electron chi connectivity index (χ1n) is 11.5. The fraction of sp³-hybridized carbons (Fsp3) is 0.269. The molecular weight excluding hydrogens is 553 g/mol. The van der Waals surface area contributed by atoms with E-state index in [0.29, 0.717) is 41.1 Å². The summed E-state index contributed by atoms with van der Waals surface area (Å²) < 4.78 is 33.9. The van der Waals surface area contributed by atoms with Crippen LogP contribution in [0.1, 0.15) is 28.2 Å². The number of amides is 1. The van der Waals surface area contributed by atoms with Gasteiger partial charge in [-0.15, -0.1) is 0 Å². The van der Waals surface area contributed by atoms with Crippen LogP contribution in [-0.2, 0) is 23.0 Å². The summed E-state index contributed by atoms with van der Waals surface area (Å²) in [5.74, 6) is 0.658. The molecule has 1 aliphatic heterocycles. The Morgan fingerprint density at radius 3 is 2.21 bits per heavy atom. The lowest BCUT2D eigenvalue weighted by Gasteiger charge is -2.24. The second kappa shape index (κ2) is 13.2. The monoisotopic (exact) mass is 581 g/mol. The third-order valence-electron chi connectivity index (χ3n) is 5.99. The number of nitrogens with two attached hydrogens (primary N) is 1. The zero-order valence-electron chi connectivity index (χ0n) is 20.8. The molecule has 0 saturated heterocycles.